The van der Waals surface area contributed by atoms with Gasteiger partial charge in [0.05, 0.1) is 12.1 Å². The average molecular weight is 313 g/mol. The molecule has 1 aromatic carbocycles. The maximum atomic E-state index is 11.8. The molecule has 2 rings (SSSR count). The van der Waals surface area contributed by atoms with Gasteiger partial charge in [-0.25, -0.2) is 4.79 Å². The molecule has 0 bridgehead atoms. The SMILES string of the molecule is CC(O)CCNC(=O)NC1CCOC1c1ccc(Cl)cc1. The number of aliphatic hydroxyl groups excluding tert-OH is 1. The zero-order valence-corrected chi connectivity index (χ0v) is 12.8. The van der Waals surface area contributed by atoms with Crippen LogP contribution >= 0.6 is 11.6 Å². The lowest BCUT2D eigenvalue weighted by atomic mass is 10.0. The van der Waals surface area contributed by atoms with Crippen molar-refractivity contribution in [1.29, 1.82) is 0 Å². The summed E-state index contributed by atoms with van der Waals surface area (Å²) in [6.07, 6.45) is 0.749. The molecule has 3 unspecified atom stereocenters. The molecule has 0 aromatic heterocycles. The van der Waals surface area contributed by atoms with E-state index in [0.29, 0.717) is 24.6 Å². The fourth-order valence-electron chi connectivity index (χ4n) is 2.33. The maximum absolute atomic E-state index is 11.8. The molecule has 21 heavy (non-hydrogen) atoms. The van der Waals surface area contributed by atoms with Crippen LogP contribution in [0.1, 0.15) is 31.4 Å². The number of nitrogens with one attached hydrogen (secondary N) is 2. The number of urea groups is 1. The molecule has 1 saturated heterocycles. The van der Waals surface area contributed by atoms with E-state index in [4.69, 9.17) is 21.4 Å². The third-order valence-corrected chi connectivity index (χ3v) is 3.71. The Hall–Kier alpha value is -1.30. The van der Waals surface area contributed by atoms with Crippen LogP contribution in [-0.2, 0) is 4.74 Å². The molecular weight excluding hydrogens is 292 g/mol. The lowest BCUT2D eigenvalue weighted by molar-refractivity contribution is 0.0998. The summed E-state index contributed by atoms with van der Waals surface area (Å²) in [6.45, 7) is 2.76. The second-order valence-corrected chi connectivity index (χ2v) is 5.71. The number of hydrogen-bond acceptors (Lipinski definition) is 3. The van der Waals surface area contributed by atoms with Gasteiger partial charge in [0.2, 0.25) is 0 Å². The van der Waals surface area contributed by atoms with Crippen molar-refractivity contribution >= 4 is 17.6 Å². The van der Waals surface area contributed by atoms with Gasteiger partial charge in [-0.3, -0.25) is 0 Å². The normalized spacial score (nSPS) is 22.8. The Labute approximate surface area is 129 Å². The van der Waals surface area contributed by atoms with Crippen molar-refractivity contribution in [1.82, 2.24) is 10.6 Å². The third kappa shape index (κ3) is 4.88. The minimum Gasteiger partial charge on any atom is -0.393 e. The first-order valence-electron chi connectivity index (χ1n) is 7.16. The number of halogens is 1. The van der Waals surface area contributed by atoms with Crippen LogP contribution in [-0.4, -0.2) is 36.4 Å². The van der Waals surface area contributed by atoms with Gasteiger partial charge in [0.25, 0.3) is 0 Å². The molecule has 1 aromatic rings. The topological polar surface area (TPSA) is 70.6 Å². The summed E-state index contributed by atoms with van der Waals surface area (Å²) in [6, 6.07) is 7.18. The number of amides is 2. The van der Waals surface area contributed by atoms with Crippen molar-refractivity contribution in [3.05, 3.63) is 34.9 Å². The van der Waals surface area contributed by atoms with Crippen LogP contribution in [0.5, 0.6) is 0 Å². The lowest BCUT2D eigenvalue weighted by Crippen LogP contribution is -2.43. The van der Waals surface area contributed by atoms with Crippen LogP contribution < -0.4 is 10.6 Å². The predicted octanol–water partition coefficient (Wildman–Crippen LogP) is 2.24. The zero-order chi connectivity index (χ0) is 15.2. The van der Waals surface area contributed by atoms with E-state index in [1.165, 1.54) is 0 Å². The molecule has 6 heteroatoms. The second-order valence-electron chi connectivity index (χ2n) is 5.28. The van der Waals surface area contributed by atoms with Crippen LogP contribution in [0, 0.1) is 0 Å². The van der Waals surface area contributed by atoms with E-state index >= 15 is 0 Å². The molecule has 0 radical (unpaired) electrons. The molecule has 0 saturated carbocycles. The Morgan fingerprint density at radius 2 is 2.19 bits per heavy atom. The number of benzene rings is 1. The number of hydrogen-bond donors (Lipinski definition) is 3. The summed E-state index contributed by atoms with van der Waals surface area (Å²) in [7, 11) is 0. The Kier molecular flexibility index (Phi) is 5.85. The van der Waals surface area contributed by atoms with E-state index in [2.05, 4.69) is 10.6 Å². The number of ether oxygens (including phenoxy) is 1. The van der Waals surface area contributed by atoms with E-state index in [0.717, 1.165) is 12.0 Å². The Morgan fingerprint density at radius 1 is 1.48 bits per heavy atom. The summed E-state index contributed by atoms with van der Waals surface area (Å²) in [4.78, 5) is 11.8. The lowest BCUT2D eigenvalue weighted by Gasteiger charge is -2.20. The van der Waals surface area contributed by atoms with Crippen molar-refractivity contribution in [2.24, 2.45) is 0 Å². The molecule has 0 aliphatic carbocycles. The molecule has 1 heterocycles. The first-order chi connectivity index (χ1) is 10.1. The van der Waals surface area contributed by atoms with E-state index in [1.54, 1.807) is 6.92 Å². The highest BCUT2D eigenvalue weighted by Crippen LogP contribution is 2.29. The van der Waals surface area contributed by atoms with Crippen molar-refractivity contribution < 1.29 is 14.6 Å². The standard InChI is InChI=1S/C15H21ClN2O3/c1-10(19)6-8-17-15(20)18-13-7-9-21-14(13)11-2-4-12(16)5-3-11/h2-5,10,13-14,19H,6-9H2,1H3,(H2,17,18,20). The first-order valence-corrected chi connectivity index (χ1v) is 7.53. The molecule has 3 atom stereocenters. The fourth-order valence-corrected chi connectivity index (χ4v) is 2.46. The molecular formula is C15H21ClN2O3. The highest BCUT2D eigenvalue weighted by Gasteiger charge is 2.30. The highest BCUT2D eigenvalue weighted by molar-refractivity contribution is 6.30. The fraction of sp³-hybridized carbons (Fsp3) is 0.533. The number of carbonyl (C=O) groups excluding carboxylic acids is 1. The van der Waals surface area contributed by atoms with Gasteiger partial charge in [-0.1, -0.05) is 23.7 Å². The van der Waals surface area contributed by atoms with Gasteiger partial charge in [-0.15, -0.1) is 0 Å². The molecule has 3 N–H and O–H groups in total. The molecule has 0 spiro atoms. The molecule has 1 fully saturated rings. The third-order valence-electron chi connectivity index (χ3n) is 3.45. The van der Waals surface area contributed by atoms with Gasteiger partial charge in [-0.2, -0.15) is 0 Å². The van der Waals surface area contributed by atoms with Gasteiger partial charge in [0, 0.05) is 18.2 Å². The largest absolute Gasteiger partial charge is 0.393 e. The average Bonchev–Trinajstić information content (AvgIpc) is 2.87. The number of carbonyl (C=O) groups is 1. The molecule has 5 nitrogen and oxygen atoms in total. The summed E-state index contributed by atoms with van der Waals surface area (Å²) in [5.41, 5.74) is 1.01. The van der Waals surface area contributed by atoms with Crippen molar-refractivity contribution in [3.63, 3.8) is 0 Å². The highest BCUT2D eigenvalue weighted by atomic mass is 35.5. The van der Waals surface area contributed by atoms with Gasteiger partial charge >= 0.3 is 6.03 Å². The summed E-state index contributed by atoms with van der Waals surface area (Å²) in [5, 5.41) is 15.5. The van der Waals surface area contributed by atoms with Gasteiger partial charge < -0.3 is 20.5 Å². The van der Waals surface area contributed by atoms with Crippen LogP contribution in [0.25, 0.3) is 0 Å². The Bertz CT molecular complexity index is 464. The van der Waals surface area contributed by atoms with Crippen LogP contribution in [0.15, 0.2) is 24.3 Å². The quantitative estimate of drug-likeness (QED) is 0.781. The first kappa shape index (κ1) is 16.1. The van der Waals surface area contributed by atoms with Gasteiger partial charge in [0.1, 0.15) is 6.10 Å². The Morgan fingerprint density at radius 3 is 2.86 bits per heavy atom. The summed E-state index contributed by atoms with van der Waals surface area (Å²) in [5.74, 6) is 0. The van der Waals surface area contributed by atoms with E-state index < -0.39 is 6.10 Å². The number of aliphatic hydroxyl groups is 1. The van der Waals surface area contributed by atoms with Crippen molar-refractivity contribution in [2.75, 3.05) is 13.2 Å². The van der Waals surface area contributed by atoms with Crippen LogP contribution in [0.2, 0.25) is 5.02 Å². The second kappa shape index (κ2) is 7.64. The Balaban J connectivity index is 1.87. The molecule has 116 valence electrons. The molecule has 1 aliphatic rings. The zero-order valence-electron chi connectivity index (χ0n) is 12.0. The summed E-state index contributed by atoms with van der Waals surface area (Å²) < 4.78 is 5.71. The van der Waals surface area contributed by atoms with Gasteiger partial charge in [0.15, 0.2) is 0 Å². The van der Waals surface area contributed by atoms with E-state index in [-0.39, 0.29) is 18.2 Å². The molecule has 1 aliphatic heterocycles. The molecule has 2 amide bonds. The van der Waals surface area contributed by atoms with Crippen molar-refractivity contribution in [2.45, 2.75) is 38.0 Å². The van der Waals surface area contributed by atoms with Gasteiger partial charge in [-0.05, 0) is 37.5 Å². The monoisotopic (exact) mass is 312 g/mol. The number of rotatable bonds is 5. The smallest absolute Gasteiger partial charge is 0.315 e. The van der Waals surface area contributed by atoms with Crippen LogP contribution in [0.3, 0.4) is 0 Å². The van der Waals surface area contributed by atoms with Crippen molar-refractivity contribution in [3.8, 4) is 0 Å². The minimum atomic E-state index is -0.415. The summed E-state index contributed by atoms with van der Waals surface area (Å²) >= 11 is 5.88. The van der Waals surface area contributed by atoms with Crippen LogP contribution in [0.4, 0.5) is 4.79 Å². The van der Waals surface area contributed by atoms with E-state index in [1.807, 2.05) is 24.3 Å². The maximum Gasteiger partial charge on any atom is 0.315 e. The van der Waals surface area contributed by atoms with E-state index in [9.17, 15) is 4.79 Å². The predicted molar refractivity (Wildman–Crippen MR) is 81.4 cm³/mol. The minimum absolute atomic E-state index is 0.0577.